The number of nitriles is 1. The van der Waals surface area contributed by atoms with Gasteiger partial charge in [0, 0.05) is 17.5 Å². The van der Waals surface area contributed by atoms with Crippen LogP contribution in [0.5, 0.6) is 0 Å². The molecule has 2 atom stereocenters. The first-order valence-electron chi connectivity index (χ1n) is 13.0. The highest BCUT2D eigenvalue weighted by molar-refractivity contribution is 7.93. The highest BCUT2D eigenvalue weighted by atomic mass is 32.2. The van der Waals surface area contributed by atoms with Crippen LogP contribution in [0.2, 0.25) is 0 Å². The molecule has 0 saturated heterocycles. The van der Waals surface area contributed by atoms with Gasteiger partial charge in [0.1, 0.15) is 0 Å². The summed E-state index contributed by atoms with van der Waals surface area (Å²) in [5.41, 5.74) is 3.28. The lowest BCUT2D eigenvalue weighted by molar-refractivity contribution is 0.373. The number of para-hydroxylation sites is 1. The van der Waals surface area contributed by atoms with Crippen LogP contribution in [-0.4, -0.2) is 29.4 Å². The first kappa shape index (κ1) is 27.1. The van der Waals surface area contributed by atoms with E-state index in [0.717, 1.165) is 16.7 Å². The van der Waals surface area contributed by atoms with Crippen molar-refractivity contribution in [2.45, 2.75) is 60.8 Å². The Hall–Kier alpha value is -3.45. The third kappa shape index (κ3) is 4.89. The number of fused-ring (bicyclic) bond motifs is 3. The molecule has 1 heterocycles. The van der Waals surface area contributed by atoms with Gasteiger partial charge in [-0.3, -0.25) is 4.31 Å². The molecule has 1 aliphatic heterocycles. The van der Waals surface area contributed by atoms with Gasteiger partial charge in [0.15, 0.2) is 0 Å². The molecule has 39 heavy (non-hydrogen) atoms. The Balaban J connectivity index is 1.48. The van der Waals surface area contributed by atoms with Gasteiger partial charge in [0.25, 0.3) is 10.0 Å². The van der Waals surface area contributed by atoms with E-state index in [0.29, 0.717) is 36.9 Å². The maximum Gasteiger partial charge on any atom is 0.264 e. The van der Waals surface area contributed by atoms with Crippen LogP contribution in [0.1, 0.15) is 42.4 Å². The normalized spacial score (nSPS) is 20.6. The van der Waals surface area contributed by atoms with Gasteiger partial charge >= 0.3 is 0 Å². The van der Waals surface area contributed by atoms with Crippen LogP contribution in [0.3, 0.4) is 0 Å². The molecule has 1 aliphatic carbocycles. The zero-order valence-corrected chi connectivity index (χ0v) is 23.6. The van der Waals surface area contributed by atoms with Gasteiger partial charge in [-0.15, -0.1) is 0 Å². The number of anilines is 1. The molecule has 2 aliphatic rings. The molecular formula is C30H31N3O4S2. The van der Waals surface area contributed by atoms with Gasteiger partial charge in [-0.1, -0.05) is 59.7 Å². The summed E-state index contributed by atoms with van der Waals surface area (Å²) in [5, 5.41) is 9.79. The summed E-state index contributed by atoms with van der Waals surface area (Å²) in [6.07, 6.45) is 3.85. The van der Waals surface area contributed by atoms with Crippen molar-refractivity contribution < 1.29 is 16.8 Å². The van der Waals surface area contributed by atoms with Crippen molar-refractivity contribution in [2.24, 2.45) is 0 Å². The minimum absolute atomic E-state index is 0.188. The summed E-state index contributed by atoms with van der Waals surface area (Å²) >= 11 is 0. The second-order valence-electron chi connectivity index (χ2n) is 10.3. The highest BCUT2D eigenvalue weighted by Gasteiger charge is 2.54. The number of aryl methyl sites for hydroxylation is 2. The summed E-state index contributed by atoms with van der Waals surface area (Å²) in [6.45, 7) is 4.00. The Morgan fingerprint density at radius 2 is 1.54 bits per heavy atom. The zero-order valence-electron chi connectivity index (χ0n) is 22.0. The smallest absolute Gasteiger partial charge is 0.262 e. The molecule has 3 aromatic carbocycles. The number of allylic oxidation sites excluding steroid dienone is 1. The van der Waals surface area contributed by atoms with E-state index in [1.54, 1.807) is 48.5 Å². The van der Waals surface area contributed by atoms with E-state index in [-0.39, 0.29) is 16.3 Å². The predicted octanol–water partition coefficient (Wildman–Crippen LogP) is 5.12. The average Bonchev–Trinajstić information content (AvgIpc) is 3.22. The van der Waals surface area contributed by atoms with Crippen LogP contribution < -0.4 is 9.03 Å². The van der Waals surface area contributed by atoms with E-state index >= 15 is 0 Å². The van der Waals surface area contributed by atoms with Crippen LogP contribution in [0.4, 0.5) is 5.69 Å². The minimum atomic E-state index is -3.89. The van der Waals surface area contributed by atoms with Crippen LogP contribution in [-0.2, 0) is 25.5 Å². The van der Waals surface area contributed by atoms with Gasteiger partial charge in [0.05, 0.1) is 27.6 Å². The van der Waals surface area contributed by atoms with Crippen LogP contribution in [0.15, 0.2) is 94.2 Å². The fourth-order valence-corrected chi connectivity index (χ4v) is 8.64. The molecule has 5 rings (SSSR count). The first-order valence-corrected chi connectivity index (χ1v) is 15.9. The van der Waals surface area contributed by atoms with Crippen molar-refractivity contribution in [1.29, 1.82) is 5.26 Å². The molecule has 0 amide bonds. The number of sulfonamides is 2. The molecule has 1 N–H and O–H groups in total. The van der Waals surface area contributed by atoms with E-state index in [2.05, 4.69) is 10.8 Å². The molecule has 0 aromatic heterocycles. The fraction of sp³-hybridized carbons (Fsp3) is 0.300. The van der Waals surface area contributed by atoms with E-state index in [9.17, 15) is 22.1 Å². The molecule has 0 radical (unpaired) electrons. The number of hydrogen-bond acceptors (Lipinski definition) is 5. The molecular weight excluding hydrogens is 530 g/mol. The summed E-state index contributed by atoms with van der Waals surface area (Å²) in [4.78, 5) is 0.426. The SMILES string of the molecule is Cc1ccc(S(=O)(=O)NCCC[C@]23C=C(C#N)CC[C@H]2N(S(=O)(=O)c2ccc(C)cc2)c2ccccc23)cc1. The fourth-order valence-electron chi connectivity index (χ4n) is 5.81. The van der Waals surface area contributed by atoms with E-state index in [1.165, 1.54) is 4.31 Å². The van der Waals surface area contributed by atoms with Crippen LogP contribution >= 0.6 is 0 Å². The van der Waals surface area contributed by atoms with Gasteiger partial charge in [-0.05, 0) is 75.4 Å². The van der Waals surface area contributed by atoms with Gasteiger partial charge in [-0.25, -0.2) is 21.6 Å². The van der Waals surface area contributed by atoms with Crippen molar-refractivity contribution in [3.8, 4) is 6.07 Å². The molecule has 0 bridgehead atoms. The van der Waals surface area contributed by atoms with E-state index in [1.807, 2.05) is 44.2 Å². The number of hydrogen-bond donors (Lipinski definition) is 1. The molecule has 0 spiro atoms. The lowest BCUT2D eigenvalue weighted by atomic mass is 9.68. The maximum absolute atomic E-state index is 14.0. The maximum atomic E-state index is 14.0. The Morgan fingerprint density at radius 3 is 2.18 bits per heavy atom. The Labute approximate surface area is 230 Å². The van der Waals surface area contributed by atoms with Gasteiger partial charge < -0.3 is 0 Å². The van der Waals surface area contributed by atoms with E-state index < -0.39 is 31.5 Å². The quantitative estimate of drug-likeness (QED) is 0.384. The van der Waals surface area contributed by atoms with Crippen molar-refractivity contribution >= 4 is 25.7 Å². The third-order valence-electron chi connectivity index (χ3n) is 7.75. The van der Waals surface area contributed by atoms with E-state index in [4.69, 9.17) is 0 Å². The minimum Gasteiger partial charge on any atom is -0.262 e. The summed E-state index contributed by atoms with van der Waals surface area (Å²) in [7, 11) is -7.56. The number of nitrogens with one attached hydrogen (secondary N) is 1. The second kappa shape index (κ2) is 10.3. The van der Waals surface area contributed by atoms with Crippen LogP contribution in [0.25, 0.3) is 0 Å². The van der Waals surface area contributed by atoms with Crippen molar-refractivity contribution in [3.63, 3.8) is 0 Å². The lowest BCUT2D eigenvalue weighted by Crippen LogP contribution is -2.48. The second-order valence-corrected chi connectivity index (χ2v) is 13.9. The highest BCUT2D eigenvalue weighted by Crippen LogP contribution is 2.54. The summed E-state index contributed by atoms with van der Waals surface area (Å²) in [5.74, 6) is 0. The van der Waals surface area contributed by atoms with Gasteiger partial charge in [0.2, 0.25) is 10.0 Å². The monoisotopic (exact) mass is 561 g/mol. The predicted molar refractivity (Wildman–Crippen MR) is 151 cm³/mol. The summed E-state index contributed by atoms with van der Waals surface area (Å²) < 4.78 is 58.0. The Morgan fingerprint density at radius 1 is 0.923 bits per heavy atom. The Kier molecular flexibility index (Phi) is 7.14. The zero-order chi connectivity index (χ0) is 27.8. The number of nitrogens with zero attached hydrogens (tertiary/aromatic N) is 2. The molecule has 0 saturated carbocycles. The summed E-state index contributed by atoms with van der Waals surface area (Å²) in [6, 6.07) is 22.8. The molecule has 3 aromatic rings. The first-order chi connectivity index (χ1) is 18.6. The molecule has 7 nitrogen and oxygen atoms in total. The van der Waals surface area contributed by atoms with Crippen molar-refractivity contribution in [3.05, 3.63) is 101 Å². The van der Waals surface area contributed by atoms with Crippen molar-refractivity contribution in [1.82, 2.24) is 4.72 Å². The average molecular weight is 562 g/mol. The van der Waals surface area contributed by atoms with Crippen LogP contribution in [0, 0.1) is 25.2 Å². The Bertz CT molecular complexity index is 1670. The molecule has 9 heteroatoms. The number of rotatable bonds is 8. The standard InChI is InChI=1S/C30H31N3O4S2/c1-22-8-13-25(14-9-22)38(34,35)32-19-5-18-30-20-24(21-31)12-17-29(30)33(28-7-4-3-6-27(28)30)39(36,37)26-15-10-23(2)11-16-26/h3-4,6-11,13-16,20,29,32H,5,12,17-19H2,1-2H3/t29-,30-/m1/s1. The third-order valence-corrected chi connectivity index (χ3v) is 11.1. The molecule has 0 fully saturated rings. The molecule has 0 unspecified atom stereocenters. The van der Waals surface area contributed by atoms with Crippen molar-refractivity contribution in [2.75, 3.05) is 10.8 Å². The molecule has 202 valence electrons. The topological polar surface area (TPSA) is 107 Å². The lowest BCUT2D eigenvalue weighted by Gasteiger charge is -2.40. The number of benzene rings is 3. The van der Waals surface area contributed by atoms with Gasteiger partial charge in [-0.2, -0.15) is 5.26 Å². The largest absolute Gasteiger partial charge is 0.264 e.